The van der Waals surface area contributed by atoms with Crippen LogP contribution in [0.15, 0.2) is 30.3 Å². The van der Waals surface area contributed by atoms with Gasteiger partial charge in [-0.1, -0.05) is 18.2 Å². The average Bonchev–Trinajstić information content (AvgIpc) is 2.18. The highest BCUT2D eigenvalue weighted by Gasteiger charge is 2.02. The van der Waals surface area contributed by atoms with Gasteiger partial charge in [0.2, 0.25) is 0 Å². The van der Waals surface area contributed by atoms with Crippen LogP contribution < -0.4 is 5.32 Å². The number of rotatable bonds is 4. The van der Waals surface area contributed by atoms with Crippen LogP contribution in [-0.4, -0.2) is 38.0 Å². The second-order valence-electron chi connectivity index (χ2n) is 3.43. The Balaban J connectivity index is 0.00000196. The molecule has 1 rings (SSSR count). The number of carbonyl (C=O) groups excluding carboxylic acids is 1. The highest BCUT2D eigenvalue weighted by Crippen LogP contribution is 1.97. The normalized spacial score (nSPS) is 9.53. The Labute approximate surface area is 96.9 Å². The van der Waals surface area contributed by atoms with Crippen molar-refractivity contribution >= 4 is 18.3 Å². The number of amides is 1. The van der Waals surface area contributed by atoms with Crippen molar-refractivity contribution in [3.63, 3.8) is 0 Å². The molecule has 4 heteroatoms. The van der Waals surface area contributed by atoms with E-state index in [0.717, 1.165) is 6.54 Å². The summed E-state index contributed by atoms with van der Waals surface area (Å²) in [5.41, 5.74) is 0.714. The smallest absolute Gasteiger partial charge is 0.251 e. The summed E-state index contributed by atoms with van der Waals surface area (Å²) >= 11 is 0. The summed E-state index contributed by atoms with van der Waals surface area (Å²) in [5.74, 6) is -0.00699. The lowest BCUT2D eigenvalue weighted by Gasteiger charge is -2.10. The van der Waals surface area contributed by atoms with E-state index in [4.69, 9.17) is 0 Å². The molecule has 1 aromatic rings. The minimum Gasteiger partial charge on any atom is -0.351 e. The van der Waals surface area contributed by atoms with Gasteiger partial charge in [-0.25, -0.2) is 0 Å². The summed E-state index contributed by atoms with van der Waals surface area (Å²) in [4.78, 5) is 13.5. The van der Waals surface area contributed by atoms with E-state index in [1.807, 2.05) is 49.3 Å². The van der Waals surface area contributed by atoms with Gasteiger partial charge in [-0.15, -0.1) is 12.4 Å². The number of likely N-dealkylation sites (N-methyl/N-ethyl adjacent to an activating group) is 1. The van der Waals surface area contributed by atoms with Crippen molar-refractivity contribution < 1.29 is 4.79 Å². The molecule has 0 radical (unpaired) electrons. The van der Waals surface area contributed by atoms with Crippen LogP contribution in [0.2, 0.25) is 0 Å². The van der Waals surface area contributed by atoms with Gasteiger partial charge >= 0.3 is 0 Å². The topological polar surface area (TPSA) is 32.3 Å². The van der Waals surface area contributed by atoms with Crippen LogP contribution in [0.4, 0.5) is 0 Å². The van der Waals surface area contributed by atoms with Gasteiger partial charge < -0.3 is 10.2 Å². The fourth-order valence-electron chi connectivity index (χ4n) is 1.08. The molecule has 3 nitrogen and oxygen atoms in total. The average molecular weight is 229 g/mol. The van der Waals surface area contributed by atoms with Crippen molar-refractivity contribution in [3.8, 4) is 0 Å². The monoisotopic (exact) mass is 228 g/mol. The molecule has 0 saturated heterocycles. The number of hydrogen-bond acceptors (Lipinski definition) is 2. The lowest BCUT2D eigenvalue weighted by atomic mass is 10.2. The molecule has 0 unspecified atom stereocenters. The Hall–Kier alpha value is -1.06. The second kappa shape index (κ2) is 7.26. The van der Waals surface area contributed by atoms with E-state index in [1.165, 1.54) is 0 Å². The van der Waals surface area contributed by atoms with Gasteiger partial charge in [0.25, 0.3) is 5.91 Å². The molecule has 84 valence electrons. The zero-order chi connectivity index (χ0) is 10.4. The predicted molar refractivity (Wildman–Crippen MR) is 64.6 cm³/mol. The lowest BCUT2D eigenvalue weighted by Crippen LogP contribution is -2.31. The van der Waals surface area contributed by atoms with E-state index in [-0.39, 0.29) is 18.3 Å². The van der Waals surface area contributed by atoms with Gasteiger partial charge in [0.05, 0.1) is 0 Å². The minimum absolute atomic E-state index is 0. The summed E-state index contributed by atoms with van der Waals surface area (Å²) < 4.78 is 0. The first-order valence-corrected chi connectivity index (χ1v) is 4.68. The standard InChI is InChI=1S/C11H16N2O.ClH/c1-13(2)9-8-12-11(14)10-6-4-3-5-7-10;/h3-7H,8-9H2,1-2H3,(H,12,14);1H. The molecular formula is C11H17ClN2O. The van der Waals surface area contributed by atoms with Gasteiger partial charge in [0.1, 0.15) is 0 Å². The van der Waals surface area contributed by atoms with E-state index in [1.54, 1.807) is 0 Å². The SMILES string of the molecule is CN(C)CCNC(=O)c1ccccc1.Cl. The maximum Gasteiger partial charge on any atom is 0.251 e. The molecular weight excluding hydrogens is 212 g/mol. The molecule has 15 heavy (non-hydrogen) atoms. The van der Waals surface area contributed by atoms with Crippen LogP contribution in [-0.2, 0) is 0 Å². The molecule has 0 saturated carbocycles. The molecule has 0 heterocycles. The summed E-state index contributed by atoms with van der Waals surface area (Å²) in [5, 5.41) is 2.85. The molecule has 1 aromatic carbocycles. The van der Waals surface area contributed by atoms with Gasteiger partial charge in [-0.2, -0.15) is 0 Å². The van der Waals surface area contributed by atoms with Crippen molar-refractivity contribution in [2.45, 2.75) is 0 Å². The van der Waals surface area contributed by atoms with E-state index in [9.17, 15) is 4.79 Å². The highest BCUT2D eigenvalue weighted by molar-refractivity contribution is 5.94. The number of nitrogens with one attached hydrogen (secondary N) is 1. The maximum atomic E-state index is 11.5. The third-order valence-corrected chi connectivity index (χ3v) is 1.88. The number of nitrogens with zero attached hydrogens (tertiary/aromatic N) is 1. The van der Waals surface area contributed by atoms with E-state index >= 15 is 0 Å². The van der Waals surface area contributed by atoms with Crippen molar-refractivity contribution in [2.24, 2.45) is 0 Å². The quantitative estimate of drug-likeness (QED) is 0.845. The molecule has 0 spiro atoms. The van der Waals surface area contributed by atoms with Crippen molar-refractivity contribution in [2.75, 3.05) is 27.2 Å². The van der Waals surface area contributed by atoms with Crippen LogP contribution in [0.5, 0.6) is 0 Å². The summed E-state index contributed by atoms with van der Waals surface area (Å²) in [6.07, 6.45) is 0. The Kier molecular flexibility index (Phi) is 6.75. The van der Waals surface area contributed by atoms with Crippen LogP contribution in [0.25, 0.3) is 0 Å². The van der Waals surface area contributed by atoms with Crippen molar-refractivity contribution in [1.82, 2.24) is 10.2 Å². The number of carbonyl (C=O) groups is 1. The molecule has 0 bridgehead atoms. The summed E-state index contributed by atoms with van der Waals surface area (Å²) in [7, 11) is 3.96. The first-order valence-electron chi connectivity index (χ1n) is 4.68. The number of halogens is 1. The van der Waals surface area contributed by atoms with E-state index < -0.39 is 0 Å². The largest absolute Gasteiger partial charge is 0.351 e. The maximum absolute atomic E-state index is 11.5. The van der Waals surface area contributed by atoms with E-state index in [2.05, 4.69) is 5.32 Å². The molecule has 0 aliphatic rings. The molecule has 0 aliphatic carbocycles. The zero-order valence-corrected chi connectivity index (χ0v) is 9.88. The fourth-order valence-corrected chi connectivity index (χ4v) is 1.08. The Morgan fingerprint density at radius 2 is 1.87 bits per heavy atom. The van der Waals surface area contributed by atoms with Gasteiger partial charge in [-0.05, 0) is 26.2 Å². The van der Waals surface area contributed by atoms with Crippen LogP contribution in [0.3, 0.4) is 0 Å². The zero-order valence-electron chi connectivity index (χ0n) is 9.06. The Morgan fingerprint density at radius 1 is 1.27 bits per heavy atom. The van der Waals surface area contributed by atoms with Gasteiger partial charge in [0, 0.05) is 18.7 Å². The second-order valence-corrected chi connectivity index (χ2v) is 3.43. The molecule has 0 atom stereocenters. The molecule has 0 aromatic heterocycles. The van der Waals surface area contributed by atoms with Crippen LogP contribution in [0.1, 0.15) is 10.4 Å². The van der Waals surface area contributed by atoms with Crippen molar-refractivity contribution in [3.05, 3.63) is 35.9 Å². The molecule has 0 fully saturated rings. The summed E-state index contributed by atoms with van der Waals surface area (Å²) in [6, 6.07) is 9.24. The third-order valence-electron chi connectivity index (χ3n) is 1.88. The fraction of sp³-hybridized carbons (Fsp3) is 0.364. The highest BCUT2D eigenvalue weighted by atomic mass is 35.5. The molecule has 1 N–H and O–H groups in total. The first kappa shape index (κ1) is 13.9. The Morgan fingerprint density at radius 3 is 2.40 bits per heavy atom. The lowest BCUT2D eigenvalue weighted by molar-refractivity contribution is 0.0951. The molecule has 1 amide bonds. The number of hydrogen-bond donors (Lipinski definition) is 1. The number of benzene rings is 1. The van der Waals surface area contributed by atoms with E-state index in [0.29, 0.717) is 12.1 Å². The predicted octanol–water partition coefficient (Wildman–Crippen LogP) is 1.40. The van der Waals surface area contributed by atoms with Crippen LogP contribution in [0, 0.1) is 0 Å². The van der Waals surface area contributed by atoms with Gasteiger partial charge in [-0.3, -0.25) is 4.79 Å². The van der Waals surface area contributed by atoms with Gasteiger partial charge in [0.15, 0.2) is 0 Å². The first-order chi connectivity index (χ1) is 6.70. The van der Waals surface area contributed by atoms with Crippen LogP contribution >= 0.6 is 12.4 Å². The Bertz CT molecular complexity index is 288. The third kappa shape index (κ3) is 5.40. The summed E-state index contributed by atoms with van der Waals surface area (Å²) in [6.45, 7) is 1.54. The minimum atomic E-state index is -0.00699. The molecule has 0 aliphatic heterocycles. The van der Waals surface area contributed by atoms with Crippen molar-refractivity contribution in [1.29, 1.82) is 0 Å².